The lowest BCUT2D eigenvalue weighted by molar-refractivity contribution is -0.142. The summed E-state index contributed by atoms with van der Waals surface area (Å²) in [5.41, 5.74) is 7.82. The van der Waals surface area contributed by atoms with E-state index < -0.39 is 65.8 Å². The molecule has 3 aromatic rings. The number of nitrogens with zero attached hydrogens (tertiary/aromatic N) is 1. The van der Waals surface area contributed by atoms with Gasteiger partial charge in [0.25, 0.3) is 0 Å². The third-order valence-corrected chi connectivity index (χ3v) is 8.40. The van der Waals surface area contributed by atoms with Gasteiger partial charge in [-0.25, -0.2) is 9.78 Å². The van der Waals surface area contributed by atoms with Crippen molar-refractivity contribution in [2.75, 3.05) is 17.8 Å². The highest BCUT2D eigenvalue weighted by molar-refractivity contribution is 7.98. The maximum atomic E-state index is 13.8. The fourth-order valence-electron chi connectivity index (χ4n) is 4.75. The Morgan fingerprint density at radius 2 is 1.50 bits per heavy atom. The van der Waals surface area contributed by atoms with Crippen LogP contribution in [0.4, 0.5) is 0 Å². The van der Waals surface area contributed by atoms with Gasteiger partial charge < -0.3 is 47.2 Å². The third-order valence-electron chi connectivity index (χ3n) is 7.39. The van der Waals surface area contributed by atoms with Crippen molar-refractivity contribution in [2.24, 2.45) is 5.73 Å². The maximum absolute atomic E-state index is 13.8. The molecule has 260 valence electrons. The fraction of sp³-hybridized carbons (Fsp3) is 0.433. The molecule has 0 radical (unpaired) electrons. The first-order chi connectivity index (χ1) is 22.9. The topological polar surface area (TPSA) is 261 Å². The Bertz CT molecular complexity index is 1570. The van der Waals surface area contributed by atoms with E-state index in [2.05, 4.69) is 48.8 Å². The minimum absolute atomic E-state index is 0.0309. The number of aromatic nitrogens is 3. The molecule has 0 bridgehead atoms. The van der Waals surface area contributed by atoms with Gasteiger partial charge in [0.2, 0.25) is 23.6 Å². The largest absolute Gasteiger partial charge is 0.481 e. The Morgan fingerprint density at radius 3 is 2.12 bits per heavy atom. The molecule has 0 aliphatic heterocycles. The average Bonchev–Trinajstić information content (AvgIpc) is 3.73. The average molecular weight is 705 g/mol. The number of thiol groups is 1. The zero-order valence-electron chi connectivity index (χ0n) is 26.1. The highest BCUT2D eigenvalue weighted by Gasteiger charge is 2.32. The normalized spacial score (nSPS) is 14.2. The highest BCUT2D eigenvalue weighted by Crippen LogP contribution is 2.19. The van der Waals surface area contributed by atoms with Crippen LogP contribution in [0.5, 0.6) is 0 Å². The molecule has 2 aromatic heterocycles. The minimum atomic E-state index is -1.28. The van der Waals surface area contributed by atoms with Crippen LogP contribution in [-0.4, -0.2) is 109 Å². The quantitative estimate of drug-likeness (QED) is 0.0675. The third kappa shape index (κ3) is 11.3. The number of para-hydroxylation sites is 1. The van der Waals surface area contributed by atoms with E-state index >= 15 is 0 Å². The lowest BCUT2D eigenvalue weighted by atomic mass is 10.0. The number of H-pyrrole nitrogens is 2. The van der Waals surface area contributed by atoms with Crippen molar-refractivity contribution < 1.29 is 39.0 Å². The van der Waals surface area contributed by atoms with Crippen LogP contribution in [0.3, 0.4) is 0 Å². The number of benzene rings is 1. The van der Waals surface area contributed by atoms with Gasteiger partial charge in [0.15, 0.2) is 0 Å². The molecule has 2 heterocycles. The Morgan fingerprint density at radius 1 is 0.875 bits per heavy atom. The van der Waals surface area contributed by atoms with Crippen LogP contribution in [0.1, 0.15) is 30.5 Å². The first-order valence-corrected chi connectivity index (χ1v) is 17.0. The number of nitrogens with one attached hydrogen (secondary N) is 6. The van der Waals surface area contributed by atoms with Gasteiger partial charge in [-0.1, -0.05) is 18.2 Å². The van der Waals surface area contributed by atoms with Gasteiger partial charge in [0.05, 0.1) is 12.4 Å². The molecule has 0 aliphatic carbocycles. The number of carbonyl (C=O) groups excluding carboxylic acids is 4. The molecule has 3 rings (SSSR count). The molecule has 16 nitrogen and oxygen atoms in total. The Kier molecular flexibility index (Phi) is 14.8. The standard InChI is InChI=1S/C30H40N8O8S2/c1-48-9-8-21(30(45)46)35-29(44)24(14-47)38-27(42)22(10-16-12-33-20-5-3-2-4-18(16)20)37-28(43)23(11-17-13-32-15-34-17)36-26(41)19(31)6-7-25(39)40/h2-5,12-13,15,19,21-24,33,47H,6-11,14,31H2,1H3,(H,32,34)(H,35,44)(H,36,41)(H,37,43)(H,38,42)(H,39,40)(H,45,46)/t19-,21-,22-,23-,24-/m0/s1. The molecule has 1 aromatic carbocycles. The van der Waals surface area contributed by atoms with Crippen LogP contribution in [0.15, 0.2) is 43.0 Å². The predicted octanol–water partition coefficient (Wildman–Crippen LogP) is -0.425. The van der Waals surface area contributed by atoms with Crippen molar-refractivity contribution in [1.29, 1.82) is 0 Å². The van der Waals surface area contributed by atoms with Crippen LogP contribution in [-0.2, 0) is 41.6 Å². The van der Waals surface area contributed by atoms with Gasteiger partial charge in [-0.15, -0.1) is 0 Å². The zero-order valence-corrected chi connectivity index (χ0v) is 27.8. The molecular formula is C30H40N8O8S2. The number of rotatable bonds is 20. The van der Waals surface area contributed by atoms with Crippen molar-refractivity contribution >= 4 is 70.9 Å². The van der Waals surface area contributed by atoms with E-state index in [0.717, 1.165) is 10.9 Å². The molecular weight excluding hydrogens is 665 g/mol. The summed E-state index contributed by atoms with van der Waals surface area (Å²) in [5, 5.41) is 29.5. The van der Waals surface area contributed by atoms with Crippen LogP contribution >= 0.6 is 24.4 Å². The Balaban J connectivity index is 1.86. The highest BCUT2D eigenvalue weighted by atomic mass is 32.2. The number of carbonyl (C=O) groups is 6. The number of hydrogen-bond donors (Lipinski definition) is 10. The van der Waals surface area contributed by atoms with E-state index in [1.54, 1.807) is 12.5 Å². The second kappa shape index (κ2) is 18.7. The van der Waals surface area contributed by atoms with Crippen LogP contribution in [0.25, 0.3) is 10.9 Å². The monoisotopic (exact) mass is 704 g/mol. The van der Waals surface area contributed by atoms with Gasteiger partial charge in [-0.2, -0.15) is 24.4 Å². The summed E-state index contributed by atoms with van der Waals surface area (Å²) in [5.74, 6) is -5.11. The van der Waals surface area contributed by atoms with E-state index in [1.165, 1.54) is 24.3 Å². The van der Waals surface area contributed by atoms with E-state index in [-0.39, 0.29) is 37.9 Å². The molecule has 10 N–H and O–H groups in total. The number of amides is 4. The van der Waals surface area contributed by atoms with Gasteiger partial charge in [-0.05, 0) is 36.5 Å². The van der Waals surface area contributed by atoms with Crippen molar-refractivity contribution in [3.63, 3.8) is 0 Å². The van der Waals surface area contributed by atoms with E-state index in [1.807, 2.05) is 24.3 Å². The second-order valence-electron chi connectivity index (χ2n) is 10.9. The van der Waals surface area contributed by atoms with Crippen molar-refractivity contribution in [3.8, 4) is 0 Å². The summed E-state index contributed by atoms with van der Waals surface area (Å²) in [6, 6.07) is 1.14. The summed E-state index contributed by atoms with van der Waals surface area (Å²) in [6.07, 6.45) is 5.87. The molecule has 18 heteroatoms. The smallest absolute Gasteiger partial charge is 0.326 e. The molecule has 0 fully saturated rings. The fourth-order valence-corrected chi connectivity index (χ4v) is 5.48. The first-order valence-electron chi connectivity index (χ1n) is 15.0. The number of thioether (sulfide) groups is 1. The molecule has 48 heavy (non-hydrogen) atoms. The van der Waals surface area contributed by atoms with E-state index in [4.69, 9.17) is 10.8 Å². The molecule has 0 aliphatic rings. The molecule has 5 atom stereocenters. The maximum Gasteiger partial charge on any atom is 0.326 e. The SMILES string of the molecule is CSCC[C@H](NC(=O)[C@H](CS)NC(=O)[C@H](Cc1c[nH]c2ccccc12)NC(=O)[C@H](Cc1cnc[nH]1)NC(=O)[C@@H](N)CCC(=O)O)C(=O)O. The number of fused-ring (bicyclic) bond motifs is 1. The molecule has 0 saturated carbocycles. The number of carboxylic acid groups (broad SMARTS) is 2. The first kappa shape index (κ1) is 37.9. The van der Waals surface area contributed by atoms with Gasteiger partial charge in [0.1, 0.15) is 24.2 Å². The summed E-state index contributed by atoms with van der Waals surface area (Å²) < 4.78 is 0. The van der Waals surface area contributed by atoms with Gasteiger partial charge >= 0.3 is 11.9 Å². The number of imidazole rings is 1. The minimum Gasteiger partial charge on any atom is -0.481 e. The summed E-state index contributed by atoms with van der Waals surface area (Å²) in [4.78, 5) is 86.0. The van der Waals surface area contributed by atoms with E-state index in [0.29, 0.717) is 17.0 Å². The van der Waals surface area contributed by atoms with Gasteiger partial charge in [0, 0.05) is 54.0 Å². The van der Waals surface area contributed by atoms with Crippen molar-refractivity contribution in [1.82, 2.24) is 36.2 Å². The van der Waals surface area contributed by atoms with Crippen LogP contribution < -0.4 is 27.0 Å². The van der Waals surface area contributed by atoms with Crippen LogP contribution in [0.2, 0.25) is 0 Å². The van der Waals surface area contributed by atoms with Crippen molar-refractivity contribution in [2.45, 2.75) is 62.3 Å². The summed E-state index contributed by atoms with van der Waals surface area (Å²) in [6.45, 7) is 0. The summed E-state index contributed by atoms with van der Waals surface area (Å²) >= 11 is 5.61. The molecule has 0 unspecified atom stereocenters. The number of aromatic amines is 2. The number of carboxylic acids is 2. The second-order valence-corrected chi connectivity index (χ2v) is 12.3. The van der Waals surface area contributed by atoms with Crippen molar-refractivity contribution in [3.05, 3.63) is 54.2 Å². The Labute approximate surface area is 285 Å². The lowest BCUT2D eigenvalue weighted by Gasteiger charge is -2.26. The summed E-state index contributed by atoms with van der Waals surface area (Å²) in [7, 11) is 0. The molecule has 0 spiro atoms. The van der Waals surface area contributed by atoms with E-state index in [9.17, 15) is 33.9 Å². The molecule has 0 saturated heterocycles. The zero-order chi connectivity index (χ0) is 35.2. The molecule has 4 amide bonds. The predicted molar refractivity (Wildman–Crippen MR) is 181 cm³/mol. The van der Waals surface area contributed by atoms with Crippen LogP contribution in [0, 0.1) is 0 Å². The number of aliphatic carboxylic acids is 2. The van der Waals surface area contributed by atoms with Gasteiger partial charge in [-0.3, -0.25) is 24.0 Å². The lowest BCUT2D eigenvalue weighted by Crippen LogP contribution is -2.59. The number of hydrogen-bond acceptors (Lipinski definition) is 10. The Hall–Kier alpha value is -4.55. The number of nitrogens with two attached hydrogens (primary N) is 1.